The van der Waals surface area contributed by atoms with Crippen molar-refractivity contribution < 1.29 is 9.59 Å². The van der Waals surface area contributed by atoms with E-state index in [1.165, 1.54) is 18.9 Å². The Morgan fingerprint density at radius 1 is 1.27 bits per heavy atom. The fraction of sp³-hybridized carbons (Fsp3) is 0.714. The Balaban J connectivity index is 4.13. The van der Waals surface area contributed by atoms with Gasteiger partial charge in [-0.25, -0.2) is 4.79 Å². The second-order valence-electron chi connectivity index (χ2n) is 2.37. The second kappa shape index (κ2) is 3.95. The van der Waals surface area contributed by atoms with Crippen molar-refractivity contribution >= 4 is 11.9 Å². The van der Waals surface area contributed by atoms with E-state index in [0.29, 0.717) is 6.54 Å². The second-order valence-corrected chi connectivity index (χ2v) is 2.37. The van der Waals surface area contributed by atoms with Gasteiger partial charge in [0.15, 0.2) is 0 Å². The van der Waals surface area contributed by atoms with Crippen molar-refractivity contribution in [1.82, 2.24) is 9.80 Å². The zero-order valence-electron chi connectivity index (χ0n) is 7.42. The van der Waals surface area contributed by atoms with Gasteiger partial charge >= 0.3 is 6.03 Å². The lowest BCUT2D eigenvalue weighted by atomic mass is 10.5. The maximum absolute atomic E-state index is 11.1. The van der Waals surface area contributed by atoms with Crippen LogP contribution in [0.15, 0.2) is 0 Å². The molecule has 0 aliphatic heterocycles. The van der Waals surface area contributed by atoms with E-state index in [-0.39, 0.29) is 11.9 Å². The highest BCUT2D eigenvalue weighted by Gasteiger charge is 2.14. The Hall–Kier alpha value is -1.06. The third kappa shape index (κ3) is 2.57. The number of amides is 3. The van der Waals surface area contributed by atoms with E-state index in [1.54, 1.807) is 7.05 Å². The van der Waals surface area contributed by atoms with Crippen LogP contribution >= 0.6 is 0 Å². The molecule has 64 valence electrons. The number of urea groups is 1. The van der Waals surface area contributed by atoms with Crippen LogP contribution in [0.5, 0.6) is 0 Å². The Morgan fingerprint density at radius 3 is 2.00 bits per heavy atom. The summed E-state index contributed by atoms with van der Waals surface area (Å²) in [6.07, 6.45) is 0. The minimum absolute atomic E-state index is 0.240. The summed E-state index contributed by atoms with van der Waals surface area (Å²) < 4.78 is 0. The van der Waals surface area contributed by atoms with Gasteiger partial charge in [0.2, 0.25) is 5.91 Å². The molecule has 0 spiro atoms. The lowest BCUT2D eigenvalue weighted by Gasteiger charge is -2.20. The summed E-state index contributed by atoms with van der Waals surface area (Å²) in [5.41, 5.74) is 0. The SMILES string of the molecule is CCN(C)C(=O)N(C)C(C)=O. The minimum Gasteiger partial charge on any atom is -0.328 e. The number of nitrogens with zero attached hydrogens (tertiary/aromatic N) is 2. The predicted molar refractivity (Wildman–Crippen MR) is 42.1 cm³/mol. The molecule has 0 bridgehead atoms. The van der Waals surface area contributed by atoms with Gasteiger partial charge in [0.1, 0.15) is 0 Å². The van der Waals surface area contributed by atoms with Crippen molar-refractivity contribution in [3.63, 3.8) is 0 Å². The highest BCUT2D eigenvalue weighted by Crippen LogP contribution is 1.92. The number of rotatable bonds is 1. The zero-order valence-corrected chi connectivity index (χ0v) is 7.42. The van der Waals surface area contributed by atoms with E-state index in [0.717, 1.165) is 4.90 Å². The normalized spacial score (nSPS) is 9.09. The highest BCUT2D eigenvalue weighted by atomic mass is 16.2. The van der Waals surface area contributed by atoms with E-state index >= 15 is 0 Å². The summed E-state index contributed by atoms with van der Waals surface area (Å²) in [6.45, 7) is 3.82. The molecule has 4 heteroatoms. The van der Waals surface area contributed by atoms with E-state index in [4.69, 9.17) is 0 Å². The van der Waals surface area contributed by atoms with Gasteiger partial charge in [-0.05, 0) is 6.92 Å². The largest absolute Gasteiger partial charge is 0.328 e. The number of imide groups is 1. The maximum Gasteiger partial charge on any atom is 0.326 e. The van der Waals surface area contributed by atoms with Gasteiger partial charge in [0.25, 0.3) is 0 Å². The first-order valence-electron chi connectivity index (χ1n) is 3.50. The van der Waals surface area contributed by atoms with Crippen LogP contribution in [0.4, 0.5) is 4.79 Å². The number of hydrogen-bond acceptors (Lipinski definition) is 2. The number of carbonyl (C=O) groups is 2. The van der Waals surface area contributed by atoms with Crippen molar-refractivity contribution in [1.29, 1.82) is 0 Å². The monoisotopic (exact) mass is 158 g/mol. The van der Waals surface area contributed by atoms with Crippen LogP contribution in [0.2, 0.25) is 0 Å². The Morgan fingerprint density at radius 2 is 1.73 bits per heavy atom. The molecule has 0 radical (unpaired) electrons. The lowest BCUT2D eigenvalue weighted by molar-refractivity contribution is -0.125. The Kier molecular flexibility index (Phi) is 3.57. The fourth-order valence-electron chi connectivity index (χ4n) is 0.526. The molecule has 0 saturated heterocycles. The molecule has 3 amide bonds. The van der Waals surface area contributed by atoms with Crippen molar-refractivity contribution in [3.8, 4) is 0 Å². The van der Waals surface area contributed by atoms with Gasteiger partial charge in [0, 0.05) is 27.6 Å². The first-order valence-corrected chi connectivity index (χ1v) is 3.50. The molecule has 0 fully saturated rings. The van der Waals surface area contributed by atoms with Crippen molar-refractivity contribution in [3.05, 3.63) is 0 Å². The third-order valence-corrected chi connectivity index (χ3v) is 1.56. The van der Waals surface area contributed by atoms with Gasteiger partial charge in [0.05, 0.1) is 0 Å². The standard InChI is InChI=1S/C7H14N2O2/c1-5-8(3)7(11)9(4)6(2)10/h5H2,1-4H3. The van der Waals surface area contributed by atoms with Crippen molar-refractivity contribution in [2.45, 2.75) is 13.8 Å². The number of hydrogen-bond donors (Lipinski definition) is 0. The topological polar surface area (TPSA) is 40.6 Å². The fourth-order valence-corrected chi connectivity index (χ4v) is 0.526. The quantitative estimate of drug-likeness (QED) is 0.558. The smallest absolute Gasteiger partial charge is 0.326 e. The van der Waals surface area contributed by atoms with Crippen molar-refractivity contribution in [2.75, 3.05) is 20.6 Å². The molecule has 0 aliphatic rings. The van der Waals surface area contributed by atoms with Gasteiger partial charge in [-0.2, -0.15) is 0 Å². The van der Waals surface area contributed by atoms with Crippen LogP contribution in [0.3, 0.4) is 0 Å². The zero-order chi connectivity index (χ0) is 9.02. The summed E-state index contributed by atoms with van der Waals surface area (Å²) in [5.74, 6) is -0.240. The van der Waals surface area contributed by atoms with Gasteiger partial charge in [-0.15, -0.1) is 0 Å². The molecule has 0 heterocycles. The molecular weight excluding hydrogens is 144 g/mol. The lowest BCUT2D eigenvalue weighted by Crippen LogP contribution is -2.40. The first kappa shape index (κ1) is 9.94. The molecule has 0 aromatic heterocycles. The summed E-state index contributed by atoms with van der Waals surface area (Å²) in [4.78, 5) is 24.4. The van der Waals surface area contributed by atoms with E-state index < -0.39 is 0 Å². The molecule has 11 heavy (non-hydrogen) atoms. The Labute approximate surface area is 66.8 Å². The molecule has 0 aromatic carbocycles. The average Bonchev–Trinajstić information content (AvgIpc) is 2.00. The van der Waals surface area contributed by atoms with Crippen LogP contribution in [-0.4, -0.2) is 42.4 Å². The predicted octanol–water partition coefficient (Wildman–Crippen LogP) is 0.536. The average molecular weight is 158 g/mol. The van der Waals surface area contributed by atoms with Gasteiger partial charge in [-0.1, -0.05) is 0 Å². The molecule has 0 N–H and O–H groups in total. The van der Waals surface area contributed by atoms with Gasteiger partial charge in [-0.3, -0.25) is 9.69 Å². The molecule has 0 aromatic rings. The van der Waals surface area contributed by atoms with E-state index in [2.05, 4.69) is 0 Å². The maximum atomic E-state index is 11.1. The minimum atomic E-state index is -0.264. The van der Waals surface area contributed by atoms with Crippen LogP contribution in [0.1, 0.15) is 13.8 Å². The molecule has 0 rings (SSSR count). The van der Waals surface area contributed by atoms with Crippen LogP contribution in [0.25, 0.3) is 0 Å². The summed E-state index contributed by atoms with van der Waals surface area (Å²) in [7, 11) is 3.12. The molecule has 0 atom stereocenters. The summed E-state index contributed by atoms with van der Waals surface area (Å²) >= 11 is 0. The molecule has 0 aliphatic carbocycles. The molecule has 0 unspecified atom stereocenters. The van der Waals surface area contributed by atoms with E-state index in [1.807, 2.05) is 6.92 Å². The van der Waals surface area contributed by atoms with Crippen molar-refractivity contribution in [2.24, 2.45) is 0 Å². The molecule has 0 saturated carbocycles. The highest BCUT2D eigenvalue weighted by molar-refractivity contribution is 5.92. The molecule has 4 nitrogen and oxygen atoms in total. The molecular formula is C7H14N2O2. The third-order valence-electron chi connectivity index (χ3n) is 1.56. The number of carbonyl (C=O) groups excluding carboxylic acids is 2. The first-order chi connectivity index (χ1) is 5.00. The Bertz CT molecular complexity index is 168. The van der Waals surface area contributed by atoms with Crippen LogP contribution < -0.4 is 0 Å². The van der Waals surface area contributed by atoms with Crippen LogP contribution in [-0.2, 0) is 4.79 Å². The van der Waals surface area contributed by atoms with E-state index in [9.17, 15) is 9.59 Å². The van der Waals surface area contributed by atoms with Crippen LogP contribution in [0, 0.1) is 0 Å². The summed E-state index contributed by atoms with van der Waals surface area (Å²) in [5, 5.41) is 0. The summed E-state index contributed by atoms with van der Waals surface area (Å²) in [6, 6.07) is -0.264. The van der Waals surface area contributed by atoms with Gasteiger partial charge < -0.3 is 4.90 Å².